The molecule has 2 rings (SSSR count). The minimum absolute atomic E-state index is 0.0382. The molecule has 1 atom stereocenters. The van der Waals surface area contributed by atoms with Crippen molar-refractivity contribution in [3.05, 3.63) is 40.7 Å². The molecular formula is C14H13ClFNO4. The molecule has 0 radical (unpaired) electrons. The Morgan fingerprint density at radius 3 is 2.90 bits per heavy atom. The second-order valence-corrected chi connectivity index (χ2v) is 4.86. The lowest BCUT2D eigenvalue weighted by Crippen LogP contribution is -2.48. The van der Waals surface area contributed by atoms with Crippen molar-refractivity contribution in [2.75, 3.05) is 19.7 Å². The highest BCUT2D eigenvalue weighted by molar-refractivity contribution is 6.32. The molecule has 0 aromatic heterocycles. The first kappa shape index (κ1) is 15.5. The number of benzene rings is 1. The van der Waals surface area contributed by atoms with Crippen LogP contribution in [-0.4, -0.2) is 47.7 Å². The predicted molar refractivity (Wildman–Crippen MR) is 74.4 cm³/mol. The van der Waals surface area contributed by atoms with Gasteiger partial charge in [0.2, 0.25) is 5.91 Å². The largest absolute Gasteiger partial charge is 0.479 e. The van der Waals surface area contributed by atoms with Crippen LogP contribution >= 0.6 is 11.6 Å². The summed E-state index contributed by atoms with van der Waals surface area (Å²) in [6.07, 6.45) is 1.42. The third kappa shape index (κ3) is 3.80. The number of aliphatic carboxylic acids is 1. The molecule has 21 heavy (non-hydrogen) atoms. The number of morpholine rings is 1. The summed E-state index contributed by atoms with van der Waals surface area (Å²) in [5.41, 5.74) is 0.121. The van der Waals surface area contributed by atoms with Crippen LogP contribution in [-0.2, 0) is 14.3 Å². The quantitative estimate of drug-likeness (QED) is 0.864. The lowest BCUT2D eigenvalue weighted by atomic mass is 10.2. The van der Waals surface area contributed by atoms with E-state index in [1.807, 2.05) is 0 Å². The van der Waals surface area contributed by atoms with Gasteiger partial charge >= 0.3 is 5.97 Å². The molecule has 1 unspecified atom stereocenters. The molecule has 0 spiro atoms. The predicted octanol–water partition coefficient (Wildman–Crippen LogP) is 1.80. The van der Waals surface area contributed by atoms with Crippen molar-refractivity contribution >= 4 is 29.6 Å². The van der Waals surface area contributed by atoms with Gasteiger partial charge in [-0.3, -0.25) is 4.79 Å². The summed E-state index contributed by atoms with van der Waals surface area (Å²) < 4.78 is 18.6. The molecule has 1 amide bonds. The van der Waals surface area contributed by atoms with Crippen LogP contribution in [0, 0.1) is 5.82 Å². The van der Waals surface area contributed by atoms with Gasteiger partial charge in [0, 0.05) is 18.2 Å². The maximum Gasteiger partial charge on any atom is 0.334 e. The van der Waals surface area contributed by atoms with Gasteiger partial charge in [0.05, 0.1) is 18.2 Å². The topological polar surface area (TPSA) is 66.8 Å². The monoisotopic (exact) mass is 313 g/mol. The summed E-state index contributed by atoms with van der Waals surface area (Å²) in [5.74, 6) is -2.06. The van der Waals surface area contributed by atoms with E-state index in [1.54, 1.807) is 0 Å². The number of carbonyl (C=O) groups is 2. The molecular weight excluding hydrogens is 301 g/mol. The summed E-state index contributed by atoms with van der Waals surface area (Å²) in [6.45, 7) is 0.401. The third-order valence-corrected chi connectivity index (χ3v) is 3.38. The number of hydrogen-bond acceptors (Lipinski definition) is 3. The number of carboxylic acid groups (broad SMARTS) is 1. The van der Waals surface area contributed by atoms with Gasteiger partial charge in [0.15, 0.2) is 6.10 Å². The number of rotatable bonds is 3. The summed E-state index contributed by atoms with van der Waals surface area (Å²) >= 11 is 5.85. The van der Waals surface area contributed by atoms with E-state index in [1.165, 1.54) is 35.3 Å². The van der Waals surface area contributed by atoms with E-state index in [0.717, 1.165) is 0 Å². The maximum atomic E-state index is 13.6. The van der Waals surface area contributed by atoms with E-state index in [2.05, 4.69) is 0 Å². The molecule has 1 aliphatic rings. The Hall–Kier alpha value is -1.92. The molecule has 1 aromatic carbocycles. The first-order valence-corrected chi connectivity index (χ1v) is 6.62. The fourth-order valence-corrected chi connectivity index (χ4v) is 2.15. The Bertz CT molecular complexity index is 570. The number of halogens is 2. The van der Waals surface area contributed by atoms with Gasteiger partial charge in [-0.15, -0.1) is 0 Å². The SMILES string of the molecule is O=C(O)C1CN(C(=O)C=Cc2c(F)cccc2Cl)CCO1. The summed E-state index contributed by atoms with van der Waals surface area (Å²) in [4.78, 5) is 24.2. The van der Waals surface area contributed by atoms with Crippen LogP contribution in [0.2, 0.25) is 5.02 Å². The van der Waals surface area contributed by atoms with E-state index >= 15 is 0 Å². The number of hydrogen-bond donors (Lipinski definition) is 1. The van der Waals surface area contributed by atoms with Crippen LogP contribution in [0.4, 0.5) is 4.39 Å². The van der Waals surface area contributed by atoms with Gasteiger partial charge in [0.1, 0.15) is 5.82 Å². The van der Waals surface area contributed by atoms with E-state index in [9.17, 15) is 14.0 Å². The Labute approximate surface area is 125 Å². The molecule has 1 aliphatic heterocycles. The first-order chi connectivity index (χ1) is 9.99. The number of nitrogens with zero attached hydrogens (tertiary/aromatic N) is 1. The zero-order valence-corrected chi connectivity index (χ0v) is 11.7. The van der Waals surface area contributed by atoms with E-state index in [0.29, 0.717) is 0 Å². The average molecular weight is 314 g/mol. The van der Waals surface area contributed by atoms with Crippen molar-refractivity contribution in [2.45, 2.75) is 6.10 Å². The van der Waals surface area contributed by atoms with Crippen molar-refractivity contribution in [1.82, 2.24) is 4.90 Å². The zero-order valence-electron chi connectivity index (χ0n) is 11.0. The normalized spacial score (nSPS) is 19.0. The van der Waals surface area contributed by atoms with Crippen LogP contribution in [0.15, 0.2) is 24.3 Å². The maximum absolute atomic E-state index is 13.6. The molecule has 1 heterocycles. The molecule has 7 heteroatoms. The van der Waals surface area contributed by atoms with Gasteiger partial charge in [-0.25, -0.2) is 9.18 Å². The van der Waals surface area contributed by atoms with Crippen LogP contribution in [0.3, 0.4) is 0 Å². The highest BCUT2D eigenvalue weighted by atomic mass is 35.5. The van der Waals surface area contributed by atoms with E-state index in [-0.39, 0.29) is 30.3 Å². The Morgan fingerprint density at radius 2 is 2.24 bits per heavy atom. The highest BCUT2D eigenvalue weighted by Crippen LogP contribution is 2.20. The van der Waals surface area contributed by atoms with Crippen LogP contribution < -0.4 is 0 Å². The van der Waals surface area contributed by atoms with Crippen molar-refractivity contribution in [1.29, 1.82) is 0 Å². The summed E-state index contributed by atoms with van der Waals surface area (Å²) in [6, 6.07) is 4.23. The van der Waals surface area contributed by atoms with Gasteiger partial charge in [-0.1, -0.05) is 17.7 Å². The van der Waals surface area contributed by atoms with E-state index in [4.69, 9.17) is 21.4 Å². The van der Waals surface area contributed by atoms with Crippen LogP contribution in [0.1, 0.15) is 5.56 Å². The molecule has 1 aromatic rings. The number of carbonyl (C=O) groups excluding carboxylic acids is 1. The average Bonchev–Trinajstić information content (AvgIpc) is 2.46. The van der Waals surface area contributed by atoms with Gasteiger partial charge in [-0.05, 0) is 18.2 Å². The van der Waals surface area contributed by atoms with Gasteiger partial charge < -0.3 is 14.7 Å². The highest BCUT2D eigenvalue weighted by Gasteiger charge is 2.27. The summed E-state index contributed by atoms with van der Waals surface area (Å²) in [7, 11) is 0. The Balaban J connectivity index is 2.07. The fraction of sp³-hybridized carbons (Fsp3) is 0.286. The number of ether oxygens (including phenoxy) is 1. The van der Waals surface area contributed by atoms with Crippen molar-refractivity contribution < 1.29 is 23.8 Å². The molecule has 0 bridgehead atoms. The van der Waals surface area contributed by atoms with E-state index < -0.39 is 23.8 Å². The minimum Gasteiger partial charge on any atom is -0.479 e. The van der Waals surface area contributed by atoms with Crippen molar-refractivity contribution in [2.24, 2.45) is 0 Å². The molecule has 1 fully saturated rings. The van der Waals surface area contributed by atoms with Crippen molar-refractivity contribution in [3.63, 3.8) is 0 Å². The standard InChI is InChI=1S/C14H13ClFNO4/c15-10-2-1-3-11(16)9(10)4-5-13(18)17-6-7-21-12(8-17)14(19)20/h1-5,12H,6-8H2,(H,19,20). The molecule has 112 valence electrons. The van der Waals surface area contributed by atoms with Crippen molar-refractivity contribution in [3.8, 4) is 0 Å². The Morgan fingerprint density at radius 1 is 1.48 bits per heavy atom. The molecule has 5 nitrogen and oxygen atoms in total. The van der Waals surface area contributed by atoms with Gasteiger partial charge in [-0.2, -0.15) is 0 Å². The molecule has 0 aliphatic carbocycles. The minimum atomic E-state index is -1.12. The second-order valence-electron chi connectivity index (χ2n) is 4.45. The first-order valence-electron chi connectivity index (χ1n) is 6.24. The van der Waals surface area contributed by atoms with Gasteiger partial charge in [0.25, 0.3) is 0 Å². The lowest BCUT2D eigenvalue weighted by molar-refractivity contribution is -0.158. The molecule has 0 saturated carbocycles. The second kappa shape index (κ2) is 6.69. The van der Waals surface area contributed by atoms with Crippen LogP contribution in [0.25, 0.3) is 6.08 Å². The number of amides is 1. The third-order valence-electron chi connectivity index (χ3n) is 3.05. The lowest BCUT2D eigenvalue weighted by Gasteiger charge is -2.30. The smallest absolute Gasteiger partial charge is 0.334 e. The number of carboxylic acids is 1. The molecule has 1 saturated heterocycles. The van der Waals surface area contributed by atoms with Crippen LogP contribution in [0.5, 0.6) is 0 Å². The summed E-state index contributed by atoms with van der Waals surface area (Å²) in [5, 5.41) is 9.07. The molecule has 1 N–H and O–H groups in total. The Kier molecular flexibility index (Phi) is 4.93. The zero-order chi connectivity index (χ0) is 15.4. The fourth-order valence-electron chi connectivity index (χ4n) is 1.93.